The van der Waals surface area contributed by atoms with Crippen LogP contribution in [0.2, 0.25) is 0 Å². The number of thiophene rings is 1. The molecule has 0 spiro atoms. The first-order valence-corrected chi connectivity index (χ1v) is 12.4. The Morgan fingerprint density at radius 1 is 1.03 bits per heavy atom. The van der Waals surface area contributed by atoms with Crippen LogP contribution in [0.3, 0.4) is 0 Å². The van der Waals surface area contributed by atoms with Crippen LogP contribution in [0.25, 0.3) is 27.6 Å². The third-order valence-electron chi connectivity index (χ3n) is 6.29. The minimum Gasteiger partial charge on any atom is -0.399 e. The molecule has 8 heteroatoms. The average Bonchev–Trinajstić information content (AvgIpc) is 3.56. The van der Waals surface area contributed by atoms with Gasteiger partial charge in [0.1, 0.15) is 11.5 Å². The van der Waals surface area contributed by atoms with Gasteiger partial charge >= 0.3 is 0 Å². The van der Waals surface area contributed by atoms with Crippen LogP contribution in [0.1, 0.15) is 16.8 Å². The number of para-hydroxylation sites is 1. The molecule has 0 fully saturated rings. The van der Waals surface area contributed by atoms with Gasteiger partial charge in [0, 0.05) is 49.1 Å². The fourth-order valence-electron chi connectivity index (χ4n) is 4.49. The molecule has 3 aromatic heterocycles. The molecule has 0 radical (unpaired) electrons. The van der Waals surface area contributed by atoms with Crippen molar-refractivity contribution < 1.29 is 0 Å². The number of nitrogen functional groups attached to an aromatic ring is 1. The van der Waals surface area contributed by atoms with Crippen molar-refractivity contribution in [1.29, 1.82) is 0 Å². The molecule has 0 amide bonds. The van der Waals surface area contributed by atoms with Crippen LogP contribution in [0.4, 0.5) is 5.69 Å². The number of fused-ring (bicyclic) bond motifs is 1. The molecule has 1 aliphatic heterocycles. The van der Waals surface area contributed by atoms with Gasteiger partial charge in [-0.3, -0.25) is 9.69 Å². The van der Waals surface area contributed by atoms with Gasteiger partial charge in [0.05, 0.1) is 21.8 Å². The van der Waals surface area contributed by atoms with Gasteiger partial charge in [0.25, 0.3) is 5.56 Å². The lowest BCUT2D eigenvalue weighted by Crippen LogP contribution is -2.35. The third kappa shape index (κ3) is 4.29. The van der Waals surface area contributed by atoms with Gasteiger partial charge in [0.15, 0.2) is 0 Å². The van der Waals surface area contributed by atoms with Crippen molar-refractivity contribution in [3.8, 4) is 27.6 Å². The molecule has 2 aromatic carbocycles. The Kier molecular flexibility index (Phi) is 5.52. The molecule has 174 valence electrons. The lowest BCUT2D eigenvalue weighted by molar-refractivity contribution is 0.242. The molecule has 7 nitrogen and oxygen atoms in total. The van der Waals surface area contributed by atoms with Crippen molar-refractivity contribution in [2.24, 2.45) is 0 Å². The molecular formula is C27H24N6OS. The van der Waals surface area contributed by atoms with Crippen LogP contribution in [0, 0.1) is 0 Å². The Morgan fingerprint density at radius 2 is 1.86 bits per heavy atom. The van der Waals surface area contributed by atoms with E-state index in [1.165, 1.54) is 0 Å². The third-order valence-corrected chi connectivity index (χ3v) is 7.17. The maximum atomic E-state index is 13.0. The number of nitrogens with one attached hydrogen (secondary N) is 1. The van der Waals surface area contributed by atoms with E-state index in [0.717, 1.165) is 51.6 Å². The lowest BCUT2D eigenvalue weighted by Gasteiger charge is -2.27. The number of nitrogens with two attached hydrogens (primary N) is 1. The van der Waals surface area contributed by atoms with Crippen LogP contribution in [0.5, 0.6) is 0 Å². The van der Waals surface area contributed by atoms with Crippen LogP contribution in [-0.4, -0.2) is 31.2 Å². The summed E-state index contributed by atoms with van der Waals surface area (Å²) in [5.41, 5.74) is 12.0. The van der Waals surface area contributed by atoms with Crippen molar-refractivity contribution in [3.05, 3.63) is 105 Å². The van der Waals surface area contributed by atoms with Crippen LogP contribution < -0.4 is 11.3 Å². The predicted octanol–water partition coefficient (Wildman–Crippen LogP) is 4.49. The zero-order valence-corrected chi connectivity index (χ0v) is 19.8. The molecule has 3 N–H and O–H groups in total. The Bertz CT molecular complexity index is 1520. The average molecular weight is 481 g/mol. The highest BCUT2D eigenvalue weighted by Crippen LogP contribution is 2.30. The first-order chi connectivity index (χ1) is 17.1. The number of hydrogen-bond donors (Lipinski definition) is 2. The summed E-state index contributed by atoms with van der Waals surface area (Å²) in [6.45, 7) is 2.09. The lowest BCUT2D eigenvalue weighted by atomic mass is 10.1. The Balaban J connectivity index is 1.29. The standard InChI is InChI=1S/C27H24N6OS/c28-20-10-8-18(9-11-20)26-29-23-12-13-32(17-22(23)27(34)30-26)15-19-16-33(21-5-2-1-3-6-21)31-25(19)24-7-4-14-35-24/h1-11,14,16H,12-13,15,17,28H2,(H,29,30,34). The maximum absolute atomic E-state index is 13.0. The molecular weight excluding hydrogens is 456 g/mol. The van der Waals surface area contributed by atoms with E-state index in [1.54, 1.807) is 11.3 Å². The molecule has 0 aliphatic carbocycles. The van der Waals surface area contributed by atoms with E-state index in [2.05, 4.69) is 39.7 Å². The second-order valence-electron chi connectivity index (χ2n) is 8.68. The van der Waals surface area contributed by atoms with Gasteiger partial charge in [0.2, 0.25) is 0 Å². The number of nitrogens with zero attached hydrogens (tertiary/aromatic N) is 4. The molecule has 0 atom stereocenters. The van der Waals surface area contributed by atoms with E-state index in [4.69, 9.17) is 15.8 Å². The van der Waals surface area contributed by atoms with Gasteiger partial charge in [-0.15, -0.1) is 11.3 Å². The summed E-state index contributed by atoms with van der Waals surface area (Å²) in [5, 5.41) is 6.98. The van der Waals surface area contributed by atoms with E-state index in [0.29, 0.717) is 24.6 Å². The minimum absolute atomic E-state index is 0.0787. The van der Waals surface area contributed by atoms with Crippen LogP contribution in [-0.2, 0) is 19.5 Å². The number of hydrogen-bond acceptors (Lipinski definition) is 6. The number of anilines is 1. The molecule has 35 heavy (non-hydrogen) atoms. The van der Waals surface area contributed by atoms with E-state index >= 15 is 0 Å². The van der Waals surface area contributed by atoms with Crippen LogP contribution >= 0.6 is 11.3 Å². The van der Waals surface area contributed by atoms with Crippen molar-refractivity contribution >= 4 is 17.0 Å². The van der Waals surface area contributed by atoms with Gasteiger partial charge in [-0.05, 0) is 47.8 Å². The fraction of sp³-hybridized carbons (Fsp3) is 0.148. The van der Waals surface area contributed by atoms with Crippen molar-refractivity contribution in [2.45, 2.75) is 19.5 Å². The zero-order chi connectivity index (χ0) is 23.8. The zero-order valence-electron chi connectivity index (χ0n) is 19.0. The summed E-state index contributed by atoms with van der Waals surface area (Å²) in [7, 11) is 0. The first-order valence-electron chi connectivity index (χ1n) is 11.5. The van der Waals surface area contributed by atoms with Gasteiger partial charge in [-0.25, -0.2) is 9.67 Å². The molecule has 4 heterocycles. The summed E-state index contributed by atoms with van der Waals surface area (Å²) >= 11 is 1.68. The van der Waals surface area contributed by atoms with Crippen LogP contribution in [0.15, 0.2) is 83.1 Å². The second kappa shape index (κ2) is 8.98. The number of rotatable bonds is 5. The molecule has 5 aromatic rings. The predicted molar refractivity (Wildman–Crippen MR) is 139 cm³/mol. The Labute approximate surface area is 206 Å². The SMILES string of the molecule is Nc1ccc(-c2nc3c(c(=O)[nH]2)CN(Cc2cn(-c4ccccc4)nc2-c2cccs2)CC3)cc1. The summed E-state index contributed by atoms with van der Waals surface area (Å²) in [5.74, 6) is 0.589. The molecule has 1 aliphatic rings. The van der Waals surface area contributed by atoms with E-state index in [-0.39, 0.29) is 5.56 Å². The van der Waals surface area contributed by atoms with Gasteiger partial charge < -0.3 is 10.7 Å². The van der Waals surface area contributed by atoms with E-state index < -0.39 is 0 Å². The Hall–Kier alpha value is -4.01. The monoisotopic (exact) mass is 480 g/mol. The second-order valence-corrected chi connectivity index (χ2v) is 9.63. The quantitative estimate of drug-likeness (QED) is 0.362. The van der Waals surface area contributed by atoms with Gasteiger partial charge in [-0.1, -0.05) is 24.3 Å². The summed E-state index contributed by atoms with van der Waals surface area (Å²) in [6, 6.07) is 21.7. The highest BCUT2D eigenvalue weighted by Gasteiger charge is 2.24. The van der Waals surface area contributed by atoms with Crippen molar-refractivity contribution in [2.75, 3.05) is 12.3 Å². The van der Waals surface area contributed by atoms with E-state index in [1.807, 2.05) is 53.2 Å². The summed E-state index contributed by atoms with van der Waals surface area (Å²) in [6.07, 6.45) is 2.83. The maximum Gasteiger partial charge on any atom is 0.255 e. The summed E-state index contributed by atoms with van der Waals surface area (Å²) < 4.78 is 1.94. The van der Waals surface area contributed by atoms with E-state index in [9.17, 15) is 4.79 Å². The fourth-order valence-corrected chi connectivity index (χ4v) is 5.24. The topological polar surface area (TPSA) is 92.8 Å². The highest BCUT2D eigenvalue weighted by atomic mass is 32.1. The number of H-pyrrole nitrogens is 1. The number of aromatic amines is 1. The first kappa shape index (κ1) is 21.5. The normalized spacial score (nSPS) is 13.6. The largest absolute Gasteiger partial charge is 0.399 e. The van der Waals surface area contributed by atoms with Crippen molar-refractivity contribution in [1.82, 2.24) is 24.6 Å². The molecule has 0 saturated carbocycles. The number of benzene rings is 2. The smallest absolute Gasteiger partial charge is 0.255 e. The highest BCUT2D eigenvalue weighted by molar-refractivity contribution is 7.13. The number of aromatic nitrogens is 4. The Morgan fingerprint density at radius 3 is 2.63 bits per heavy atom. The molecule has 0 bridgehead atoms. The summed E-state index contributed by atoms with van der Waals surface area (Å²) in [4.78, 5) is 24.2. The molecule has 6 rings (SSSR count). The molecule has 0 saturated heterocycles. The molecule has 0 unspecified atom stereocenters. The van der Waals surface area contributed by atoms with Gasteiger partial charge in [-0.2, -0.15) is 5.10 Å². The van der Waals surface area contributed by atoms with Crippen molar-refractivity contribution in [3.63, 3.8) is 0 Å². The minimum atomic E-state index is -0.0787.